The molecule has 0 spiro atoms. The van der Waals surface area contributed by atoms with Crippen molar-refractivity contribution in [1.82, 2.24) is 0 Å². The highest BCUT2D eigenvalue weighted by Crippen LogP contribution is 2.47. The standard InChI is InChI=1S/C36H22O.C24H15Br.C12H9BO3/c1-2-11-24-22-25(21-20-23(24)10-1)34-27-13-3-5-15-29(27)35(30-16-6-4-14-28(30)34)32-18-9-17-31-26-12-7-8-19-33(26)37-36(31)32;25-24-21-11-5-3-9-19(21)23(20-10-4-6-12-22(20)24)18-14-13-16-7-1-2-8-17(16)15-18;14-13(15)10-6-3-5-9-8-4-1-2-7-11(8)16-12(9)10/h1-22H;1-15H;1-7,14-15H/i3D,4D,5D,6D,13D,14D,15D,16D;3D,4D,5D,6D,9D,10D,11D,12D;. The van der Waals surface area contributed by atoms with Gasteiger partial charge in [-0.3, -0.25) is 0 Å². The van der Waals surface area contributed by atoms with Crippen LogP contribution >= 0.6 is 15.9 Å². The first-order valence-electron chi connectivity index (χ1n) is 32.8. The topological polar surface area (TPSA) is 66.7 Å². The van der Waals surface area contributed by atoms with E-state index in [0.717, 1.165) is 48.7 Å². The van der Waals surface area contributed by atoms with Crippen molar-refractivity contribution < 1.29 is 40.8 Å². The monoisotopic (exact) mass is 1080 g/mol. The van der Waals surface area contributed by atoms with Gasteiger partial charge in [0.25, 0.3) is 0 Å². The summed E-state index contributed by atoms with van der Waals surface area (Å²) in [7, 11) is -1.51. The van der Waals surface area contributed by atoms with Crippen molar-refractivity contribution in [2.24, 2.45) is 0 Å². The van der Waals surface area contributed by atoms with Crippen molar-refractivity contribution in [3.05, 3.63) is 271 Å². The van der Waals surface area contributed by atoms with Crippen LogP contribution in [0.25, 0.3) is 142 Å². The number of hydrogen-bond acceptors (Lipinski definition) is 4. The van der Waals surface area contributed by atoms with Crippen LogP contribution in [0, 0.1) is 0 Å². The molecular weight excluding hydrogens is 1020 g/mol. The summed E-state index contributed by atoms with van der Waals surface area (Å²) >= 11 is 3.42. The molecule has 0 fully saturated rings. The van der Waals surface area contributed by atoms with Gasteiger partial charge in [0.1, 0.15) is 22.3 Å². The highest BCUT2D eigenvalue weighted by atomic mass is 79.9. The fourth-order valence-electron chi connectivity index (χ4n) is 10.7. The number of rotatable bonds is 4. The van der Waals surface area contributed by atoms with Crippen molar-refractivity contribution in [2.75, 3.05) is 0 Å². The Morgan fingerprint density at radius 3 is 1.19 bits per heavy atom. The number of hydrogen-bond donors (Lipinski definition) is 2. The van der Waals surface area contributed by atoms with Crippen LogP contribution in [0.5, 0.6) is 0 Å². The zero-order valence-corrected chi connectivity index (χ0v) is 42.4. The molecule has 0 unspecified atom stereocenters. The van der Waals surface area contributed by atoms with E-state index in [1.54, 1.807) is 18.2 Å². The normalized spacial score (nSPS) is 14.4. The maximum Gasteiger partial charge on any atom is 0.492 e. The van der Waals surface area contributed by atoms with Gasteiger partial charge in [0.05, 0.1) is 21.9 Å². The van der Waals surface area contributed by atoms with Crippen molar-refractivity contribution in [3.8, 4) is 33.4 Å². The van der Waals surface area contributed by atoms with E-state index in [1.165, 1.54) is 0 Å². The molecule has 4 nitrogen and oxygen atoms in total. The van der Waals surface area contributed by atoms with Crippen LogP contribution in [0.1, 0.15) is 21.9 Å². The van der Waals surface area contributed by atoms with Gasteiger partial charge in [0.2, 0.25) is 0 Å². The van der Waals surface area contributed by atoms with Gasteiger partial charge in [0.15, 0.2) is 0 Å². The second kappa shape index (κ2) is 19.7. The van der Waals surface area contributed by atoms with Gasteiger partial charge in [-0.15, -0.1) is 0 Å². The molecule has 0 radical (unpaired) electrons. The molecule has 2 aromatic heterocycles. The first kappa shape index (κ1) is 33.0. The molecule has 6 heteroatoms. The molecule has 78 heavy (non-hydrogen) atoms. The van der Waals surface area contributed by atoms with E-state index in [2.05, 4.69) is 15.9 Å². The molecule has 0 saturated heterocycles. The Morgan fingerprint density at radius 1 is 0.333 bits per heavy atom. The SMILES string of the molecule is OB(O)c1cccc2c1oc1ccccc12.[2H]c1c([2H])c([2H])c2c(-c3ccc4ccccc4c3)c3c([2H])c([2H])c([2H])c([2H])c3c(Br)c2c1[2H].[2H]c1c([2H])c([2H])c2c(-c3cccc4c3oc3ccccc34)c3c([2H])c([2H])c([2H])c([2H])c3c(-c3ccc4ccccc4c3)c2c1[2H]. The second-order valence-corrected chi connectivity index (χ2v) is 19.3. The van der Waals surface area contributed by atoms with E-state index in [1.807, 2.05) is 152 Å². The molecule has 16 aromatic rings. The van der Waals surface area contributed by atoms with E-state index < -0.39 is 55.5 Å². The van der Waals surface area contributed by atoms with Gasteiger partial charge in [-0.05, 0) is 127 Å². The summed E-state index contributed by atoms with van der Waals surface area (Å²) < 4.78 is 151. The van der Waals surface area contributed by atoms with E-state index in [4.69, 9.17) is 25.3 Å². The molecular formula is C72H46BBrO4. The zero-order chi connectivity index (χ0) is 66.2. The quantitative estimate of drug-likeness (QED) is 0.136. The van der Waals surface area contributed by atoms with Gasteiger partial charge >= 0.3 is 7.12 Å². The lowest BCUT2D eigenvalue weighted by atomic mass is 9.79. The second-order valence-electron chi connectivity index (χ2n) is 18.5. The molecule has 2 heterocycles. The summed E-state index contributed by atoms with van der Waals surface area (Å²) in [5.74, 6) is 0. The Balaban J connectivity index is 0.000000135. The molecule has 368 valence electrons. The highest BCUT2D eigenvalue weighted by molar-refractivity contribution is 9.10. The number of para-hydroxylation sites is 4. The predicted molar refractivity (Wildman–Crippen MR) is 333 cm³/mol. The molecule has 16 rings (SSSR count). The Morgan fingerprint density at radius 2 is 0.705 bits per heavy atom. The fraction of sp³-hybridized carbons (Fsp3) is 0. The number of fused-ring (bicyclic) bond motifs is 12. The van der Waals surface area contributed by atoms with E-state index in [-0.39, 0.29) is 101 Å². The molecule has 14 aromatic carbocycles. The van der Waals surface area contributed by atoms with Gasteiger partial charge in [0, 0.05) is 42.6 Å². The van der Waals surface area contributed by atoms with Crippen molar-refractivity contribution in [1.29, 1.82) is 0 Å². The van der Waals surface area contributed by atoms with Gasteiger partial charge in [-0.1, -0.05) is 242 Å². The van der Waals surface area contributed by atoms with Crippen LogP contribution in [0.15, 0.2) is 280 Å². The average molecular weight is 1080 g/mol. The molecule has 0 bridgehead atoms. The summed E-state index contributed by atoms with van der Waals surface area (Å²) in [6.07, 6.45) is 0. The Labute approximate surface area is 480 Å². The molecule has 0 aliphatic carbocycles. The minimum Gasteiger partial charge on any atom is -0.456 e. The Bertz CT molecular complexity index is 5810. The summed E-state index contributed by atoms with van der Waals surface area (Å²) in [6, 6.07) is 47.1. The Hall–Kier alpha value is -9.30. The van der Waals surface area contributed by atoms with Crippen LogP contribution in [-0.2, 0) is 0 Å². The third-order valence-electron chi connectivity index (χ3n) is 14.2. The maximum atomic E-state index is 9.24. The lowest BCUT2D eigenvalue weighted by Crippen LogP contribution is -2.29. The number of furan rings is 2. The van der Waals surface area contributed by atoms with Crippen LogP contribution in [0.4, 0.5) is 0 Å². The first-order valence-corrected chi connectivity index (χ1v) is 25.6. The minimum atomic E-state index is -1.51. The van der Waals surface area contributed by atoms with Crippen LogP contribution in [0.2, 0.25) is 0 Å². The first-order chi connectivity index (χ1) is 45.1. The molecule has 0 aliphatic heterocycles. The van der Waals surface area contributed by atoms with Crippen molar-refractivity contribution in [3.63, 3.8) is 0 Å². The van der Waals surface area contributed by atoms with Gasteiger partial charge in [-0.2, -0.15) is 0 Å². The molecule has 0 amide bonds. The van der Waals surface area contributed by atoms with Gasteiger partial charge < -0.3 is 18.9 Å². The fourth-order valence-corrected chi connectivity index (χ4v) is 11.3. The predicted octanol–water partition coefficient (Wildman–Crippen LogP) is 19.2. The zero-order valence-electron chi connectivity index (χ0n) is 56.8. The number of benzene rings is 14. The summed E-state index contributed by atoms with van der Waals surface area (Å²) in [5.41, 5.74) is 5.38. The van der Waals surface area contributed by atoms with Gasteiger partial charge in [-0.25, -0.2) is 0 Å². The van der Waals surface area contributed by atoms with Crippen LogP contribution < -0.4 is 5.46 Å². The highest BCUT2D eigenvalue weighted by Gasteiger charge is 2.22. The minimum absolute atomic E-state index is 0.162. The summed E-state index contributed by atoms with van der Waals surface area (Å²) in [6.45, 7) is 0. The number of halogens is 1. The van der Waals surface area contributed by atoms with E-state index in [9.17, 15) is 15.5 Å². The molecule has 2 N–H and O–H groups in total. The smallest absolute Gasteiger partial charge is 0.456 e. The van der Waals surface area contributed by atoms with Crippen LogP contribution in [0.3, 0.4) is 0 Å². The molecule has 0 atom stereocenters. The van der Waals surface area contributed by atoms with Crippen LogP contribution in [-0.4, -0.2) is 17.2 Å². The van der Waals surface area contributed by atoms with Crippen molar-refractivity contribution in [2.45, 2.75) is 0 Å². The third kappa shape index (κ3) is 8.09. The average Bonchev–Trinajstić information content (AvgIpc) is 0.762. The Kier molecular flexibility index (Phi) is 8.33. The van der Waals surface area contributed by atoms with E-state index in [0.29, 0.717) is 50.0 Å². The largest absolute Gasteiger partial charge is 0.492 e. The van der Waals surface area contributed by atoms with E-state index >= 15 is 0 Å². The molecule has 0 saturated carbocycles. The van der Waals surface area contributed by atoms with Crippen molar-refractivity contribution >= 4 is 137 Å². The lowest BCUT2D eigenvalue weighted by molar-refractivity contribution is 0.425. The lowest BCUT2D eigenvalue weighted by Gasteiger charge is -2.18. The maximum absolute atomic E-state index is 9.24. The summed E-state index contributed by atoms with van der Waals surface area (Å²) in [4.78, 5) is 0. The molecule has 0 aliphatic rings. The summed E-state index contributed by atoms with van der Waals surface area (Å²) in [5, 5.41) is 27.2. The third-order valence-corrected chi connectivity index (χ3v) is 14.9.